The lowest BCUT2D eigenvalue weighted by molar-refractivity contribution is -0.129. The van der Waals surface area contributed by atoms with E-state index in [9.17, 15) is 9.59 Å². The molecule has 1 aromatic rings. The fourth-order valence-corrected chi connectivity index (χ4v) is 3.94. The van der Waals surface area contributed by atoms with Crippen molar-refractivity contribution >= 4 is 18.3 Å². The molecule has 2 aliphatic rings. The Balaban J connectivity index is 1.59. The third-order valence-corrected chi connectivity index (χ3v) is 5.34. The van der Waals surface area contributed by atoms with E-state index in [1.165, 1.54) is 0 Å². The number of piperazine rings is 1. The van der Waals surface area contributed by atoms with Gasteiger partial charge in [-0.1, -0.05) is 12.1 Å². The topological polar surface area (TPSA) is 71.1 Å². The van der Waals surface area contributed by atoms with Crippen molar-refractivity contribution in [3.63, 3.8) is 0 Å². The first-order valence-corrected chi connectivity index (χ1v) is 9.92. The van der Waals surface area contributed by atoms with E-state index in [1.54, 1.807) is 0 Å². The highest BCUT2D eigenvalue weighted by Crippen LogP contribution is 2.29. The molecule has 0 radical (unpaired) electrons. The van der Waals surface area contributed by atoms with Crippen molar-refractivity contribution in [3.8, 4) is 0 Å². The van der Waals surface area contributed by atoms with Gasteiger partial charge in [0.15, 0.2) is 0 Å². The van der Waals surface area contributed by atoms with Crippen LogP contribution in [0.1, 0.15) is 39.2 Å². The minimum atomic E-state index is -0.475. The third kappa shape index (κ3) is 5.16. The lowest BCUT2D eigenvalue weighted by Gasteiger charge is -2.48. The number of hydrogen-bond acceptors (Lipinski definition) is 6. The van der Waals surface area contributed by atoms with E-state index in [1.807, 2.05) is 37.8 Å². The molecule has 0 atom stereocenters. The maximum absolute atomic E-state index is 12.5. The summed E-state index contributed by atoms with van der Waals surface area (Å²) in [5, 5.41) is 3.66. The van der Waals surface area contributed by atoms with Gasteiger partial charge in [-0.3, -0.25) is 4.79 Å². The van der Waals surface area contributed by atoms with Crippen molar-refractivity contribution in [2.45, 2.75) is 51.4 Å². The molecular weight excluding hydrogens is 358 g/mol. The summed E-state index contributed by atoms with van der Waals surface area (Å²) in [5.41, 5.74) is 1.60. The smallest absolute Gasteiger partial charge is 0.410 e. The molecule has 2 saturated heterocycles. The van der Waals surface area contributed by atoms with Gasteiger partial charge in [-0.05, 0) is 51.3 Å². The van der Waals surface area contributed by atoms with E-state index >= 15 is 0 Å². The van der Waals surface area contributed by atoms with E-state index in [-0.39, 0.29) is 11.6 Å². The van der Waals surface area contributed by atoms with E-state index in [0.717, 1.165) is 43.7 Å². The van der Waals surface area contributed by atoms with Crippen LogP contribution in [0.15, 0.2) is 24.3 Å². The fourth-order valence-electron chi connectivity index (χ4n) is 3.94. The van der Waals surface area contributed by atoms with Gasteiger partial charge < -0.3 is 24.6 Å². The van der Waals surface area contributed by atoms with Gasteiger partial charge in [0.25, 0.3) is 6.47 Å². The Morgan fingerprint density at radius 1 is 1.25 bits per heavy atom. The molecule has 1 N–H and O–H groups in total. The first-order valence-electron chi connectivity index (χ1n) is 9.92. The molecule has 3 rings (SSSR count). The monoisotopic (exact) mass is 389 g/mol. The summed E-state index contributed by atoms with van der Waals surface area (Å²) in [7, 11) is 0. The van der Waals surface area contributed by atoms with Gasteiger partial charge in [0.1, 0.15) is 12.2 Å². The van der Waals surface area contributed by atoms with Crippen LogP contribution in [0, 0.1) is 0 Å². The first-order chi connectivity index (χ1) is 13.3. The third-order valence-electron chi connectivity index (χ3n) is 5.34. The number of ether oxygens (including phenoxy) is 2. The molecule has 0 saturated carbocycles. The van der Waals surface area contributed by atoms with Gasteiger partial charge in [0.2, 0.25) is 0 Å². The van der Waals surface area contributed by atoms with Crippen LogP contribution >= 0.6 is 0 Å². The Labute approximate surface area is 167 Å². The average Bonchev–Trinajstić information content (AvgIpc) is 2.66. The normalized spacial score (nSPS) is 19.4. The molecule has 0 unspecified atom stereocenters. The number of carbonyl (C=O) groups is 2. The fraction of sp³-hybridized carbons (Fsp3) is 0.619. The standard InChI is InChI=1S/C21H31N3O4/c1-20(2,3)28-19(26)24-12-9-22-21(15-24)7-10-23(11-8-21)18-6-4-5-17(13-18)14-27-16-25/h4-6,13,16,22H,7-12,14-15H2,1-3H3. The van der Waals surface area contributed by atoms with Gasteiger partial charge in [-0.15, -0.1) is 0 Å². The minimum Gasteiger partial charge on any atom is -0.463 e. The summed E-state index contributed by atoms with van der Waals surface area (Å²) >= 11 is 0. The molecule has 28 heavy (non-hydrogen) atoms. The highest BCUT2D eigenvalue weighted by atomic mass is 16.6. The first kappa shape index (κ1) is 20.5. The summed E-state index contributed by atoms with van der Waals surface area (Å²) in [6, 6.07) is 8.11. The van der Waals surface area contributed by atoms with Gasteiger partial charge in [0.05, 0.1) is 0 Å². The molecule has 7 heteroatoms. The second kappa shape index (κ2) is 8.39. The number of carbonyl (C=O) groups excluding carboxylic acids is 2. The van der Waals surface area contributed by atoms with Crippen LogP contribution < -0.4 is 10.2 Å². The molecular formula is C21H31N3O4. The Kier molecular flexibility index (Phi) is 6.13. The van der Waals surface area contributed by atoms with Crippen molar-refractivity contribution in [2.24, 2.45) is 0 Å². The van der Waals surface area contributed by atoms with Crippen LogP contribution in [0.4, 0.5) is 10.5 Å². The van der Waals surface area contributed by atoms with E-state index < -0.39 is 5.60 Å². The van der Waals surface area contributed by atoms with Gasteiger partial charge >= 0.3 is 6.09 Å². The van der Waals surface area contributed by atoms with Crippen LogP contribution in [-0.4, -0.2) is 61.3 Å². The Bertz CT molecular complexity index is 693. The zero-order chi connectivity index (χ0) is 20.2. The largest absolute Gasteiger partial charge is 0.463 e. The molecule has 1 aromatic carbocycles. The highest BCUT2D eigenvalue weighted by molar-refractivity contribution is 5.68. The predicted octanol–water partition coefficient (Wildman–Crippen LogP) is 2.54. The van der Waals surface area contributed by atoms with Crippen LogP contribution in [0.3, 0.4) is 0 Å². The lowest BCUT2D eigenvalue weighted by Crippen LogP contribution is -2.65. The zero-order valence-corrected chi connectivity index (χ0v) is 17.1. The number of nitrogens with zero attached hydrogens (tertiary/aromatic N) is 2. The quantitative estimate of drug-likeness (QED) is 0.798. The number of nitrogens with one attached hydrogen (secondary N) is 1. The van der Waals surface area contributed by atoms with Crippen LogP contribution in [0.2, 0.25) is 0 Å². The van der Waals surface area contributed by atoms with Crippen molar-refractivity contribution in [1.29, 1.82) is 0 Å². The molecule has 0 aromatic heterocycles. The van der Waals surface area contributed by atoms with Crippen LogP contribution in [0.5, 0.6) is 0 Å². The molecule has 1 amide bonds. The summed E-state index contributed by atoms with van der Waals surface area (Å²) in [6.07, 6.45) is 1.70. The van der Waals surface area contributed by atoms with Crippen molar-refractivity contribution in [1.82, 2.24) is 10.2 Å². The van der Waals surface area contributed by atoms with Crippen molar-refractivity contribution in [3.05, 3.63) is 29.8 Å². The second-order valence-electron chi connectivity index (χ2n) is 8.67. The number of hydrogen-bond donors (Lipinski definition) is 1. The highest BCUT2D eigenvalue weighted by Gasteiger charge is 2.40. The predicted molar refractivity (Wildman–Crippen MR) is 107 cm³/mol. The van der Waals surface area contributed by atoms with Crippen LogP contribution in [-0.2, 0) is 20.9 Å². The number of piperidine rings is 1. The molecule has 2 aliphatic heterocycles. The van der Waals surface area contributed by atoms with Gasteiger partial charge in [-0.25, -0.2) is 4.79 Å². The molecule has 2 heterocycles. The summed E-state index contributed by atoms with van der Waals surface area (Å²) in [6.45, 7) is 10.4. The number of benzene rings is 1. The van der Waals surface area contributed by atoms with E-state index in [0.29, 0.717) is 26.2 Å². The number of amides is 1. The lowest BCUT2D eigenvalue weighted by atomic mass is 9.85. The zero-order valence-electron chi connectivity index (χ0n) is 17.1. The minimum absolute atomic E-state index is 0.0517. The van der Waals surface area contributed by atoms with Crippen molar-refractivity contribution < 1.29 is 19.1 Å². The molecule has 0 bridgehead atoms. The van der Waals surface area contributed by atoms with Gasteiger partial charge in [0, 0.05) is 44.0 Å². The van der Waals surface area contributed by atoms with E-state index in [4.69, 9.17) is 9.47 Å². The molecule has 0 aliphatic carbocycles. The maximum Gasteiger partial charge on any atom is 0.410 e. The number of anilines is 1. The Hall–Kier alpha value is -2.28. The van der Waals surface area contributed by atoms with E-state index in [2.05, 4.69) is 22.3 Å². The number of rotatable bonds is 4. The summed E-state index contributed by atoms with van der Waals surface area (Å²) < 4.78 is 10.4. The average molecular weight is 389 g/mol. The molecule has 2 fully saturated rings. The van der Waals surface area contributed by atoms with Crippen molar-refractivity contribution in [2.75, 3.05) is 37.6 Å². The van der Waals surface area contributed by atoms with Gasteiger partial charge in [-0.2, -0.15) is 0 Å². The maximum atomic E-state index is 12.5. The SMILES string of the molecule is CC(C)(C)OC(=O)N1CCNC2(CCN(c3cccc(COC=O)c3)CC2)C1. The summed E-state index contributed by atoms with van der Waals surface area (Å²) in [5.74, 6) is 0. The Morgan fingerprint density at radius 3 is 2.68 bits per heavy atom. The molecule has 154 valence electrons. The second-order valence-corrected chi connectivity index (χ2v) is 8.67. The van der Waals surface area contributed by atoms with Crippen LogP contribution in [0.25, 0.3) is 0 Å². The Morgan fingerprint density at radius 2 is 2.00 bits per heavy atom. The molecule has 1 spiro atoms. The molecule has 7 nitrogen and oxygen atoms in total. The summed E-state index contributed by atoms with van der Waals surface area (Å²) in [4.78, 5) is 27.1.